The summed E-state index contributed by atoms with van der Waals surface area (Å²) in [5.41, 5.74) is 7.07. The zero-order chi connectivity index (χ0) is 11.0. The molecule has 1 aromatic heterocycles. The second-order valence-electron chi connectivity index (χ2n) is 4.24. The molecule has 0 bridgehead atoms. The number of rotatable bonds is 2. The Morgan fingerprint density at radius 2 is 2.25 bits per heavy atom. The van der Waals surface area contributed by atoms with Crippen LogP contribution in [-0.4, -0.2) is 24.2 Å². The number of fused-ring (bicyclic) bond motifs is 1. The van der Waals surface area contributed by atoms with Gasteiger partial charge in [0.1, 0.15) is 0 Å². The number of benzene rings is 1. The van der Waals surface area contributed by atoms with E-state index in [9.17, 15) is 0 Å². The molecule has 84 valence electrons. The van der Waals surface area contributed by atoms with Gasteiger partial charge in [0.05, 0.1) is 28.4 Å². The highest BCUT2D eigenvalue weighted by atomic mass is 32.1. The fourth-order valence-corrected chi connectivity index (χ4v) is 3.12. The molecule has 3 rings (SSSR count). The average Bonchev–Trinajstić information content (AvgIpc) is 2.85. The minimum absolute atomic E-state index is 0.173. The van der Waals surface area contributed by atoms with Crippen molar-refractivity contribution in [2.24, 2.45) is 11.7 Å². The maximum Gasteiger partial charge on any atom is 0.0942 e. The maximum absolute atomic E-state index is 5.97. The average molecular weight is 234 g/mol. The van der Waals surface area contributed by atoms with Gasteiger partial charge in [-0.25, -0.2) is 4.98 Å². The van der Waals surface area contributed by atoms with Crippen molar-refractivity contribution < 1.29 is 4.74 Å². The van der Waals surface area contributed by atoms with Gasteiger partial charge < -0.3 is 10.5 Å². The van der Waals surface area contributed by atoms with E-state index < -0.39 is 0 Å². The van der Waals surface area contributed by atoms with Gasteiger partial charge in [0.25, 0.3) is 0 Å². The van der Waals surface area contributed by atoms with Crippen LogP contribution in [0.1, 0.15) is 5.01 Å². The van der Waals surface area contributed by atoms with Crippen molar-refractivity contribution in [3.63, 3.8) is 0 Å². The fourth-order valence-electron chi connectivity index (χ4n) is 2.06. The highest BCUT2D eigenvalue weighted by molar-refractivity contribution is 7.18. The van der Waals surface area contributed by atoms with Crippen molar-refractivity contribution in [1.29, 1.82) is 0 Å². The molecule has 0 aliphatic carbocycles. The van der Waals surface area contributed by atoms with Gasteiger partial charge in [-0.15, -0.1) is 11.3 Å². The van der Waals surface area contributed by atoms with Crippen molar-refractivity contribution in [2.45, 2.75) is 12.5 Å². The van der Waals surface area contributed by atoms with Crippen LogP contribution in [0, 0.1) is 5.92 Å². The van der Waals surface area contributed by atoms with E-state index in [2.05, 4.69) is 23.2 Å². The number of hydrogen-bond donors (Lipinski definition) is 1. The predicted molar refractivity (Wildman–Crippen MR) is 65.6 cm³/mol. The molecule has 0 spiro atoms. The quantitative estimate of drug-likeness (QED) is 0.862. The summed E-state index contributed by atoms with van der Waals surface area (Å²) >= 11 is 1.76. The summed E-state index contributed by atoms with van der Waals surface area (Å²) in [6.07, 6.45) is 0.945. The fraction of sp³-hybridized carbons (Fsp3) is 0.417. The van der Waals surface area contributed by atoms with Crippen LogP contribution in [0.5, 0.6) is 0 Å². The third kappa shape index (κ3) is 1.84. The van der Waals surface area contributed by atoms with E-state index in [1.807, 2.05) is 6.07 Å². The molecule has 2 N–H and O–H groups in total. The third-order valence-corrected chi connectivity index (χ3v) is 4.08. The van der Waals surface area contributed by atoms with E-state index >= 15 is 0 Å². The summed E-state index contributed by atoms with van der Waals surface area (Å²) in [4.78, 5) is 4.62. The van der Waals surface area contributed by atoms with E-state index in [4.69, 9.17) is 10.5 Å². The van der Waals surface area contributed by atoms with Crippen molar-refractivity contribution in [3.8, 4) is 0 Å². The molecular weight excluding hydrogens is 220 g/mol. The molecular formula is C12H14N2OS. The third-order valence-electron chi connectivity index (χ3n) is 3.02. The number of aromatic nitrogens is 1. The topological polar surface area (TPSA) is 48.1 Å². The molecule has 3 nitrogen and oxygen atoms in total. The number of para-hydroxylation sites is 1. The van der Waals surface area contributed by atoms with Crippen molar-refractivity contribution in [3.05, 3.63) is 29.3 Å². The summed E-state index contributed by atoms with van der Waals surface area (Å²) in [6, 6.07) is 8.42. The van der Waals surface area contributed by atoms with Gasteiger partial charge in [-0.2, -0.15) is 0 Å². The van der Waals surface area contributed by atoms with Crippen LogP contribution in [0.3, 0.4) is 0 Å². The molecule has 0 saturated carbocycles. The molecule has 1 saturated heterocycles. The van der Waals surface area contributed by atoms with Gasteiger partial charge >= 0.3 is 0 Å². The first kappa shape index (κ1) is 10.2. The van der Waals surface area contributed by atoms with Gasteiger partial charge in [-0.3, -0.25) is 0 Å². The van der Waals surface area contributed by atoms with E-state index in [1.54, 1.807) is 11.3 Å². The van der Waals surface area contributed by atoms with Crippen LogP contribution < -0.4 is 5.73 Å². The Hall–Kier alpha value is -0.970. The maximum atomic E-state index is 5.97. The lowest BCUT2D eigenvalue weighted by atomic mass is 10.0. The number of nitrogens with two attached hydrogens (primary N) is 1. The second kappa shape index (κ2) is 4.13. The molecule has 4 heteroatoms. The summed E-state index contributed by atoms with van der Waals surface area (Å²) in [5, 5.41) is 1.17. The normalized spacial score (nSPS) is 25.3. The van der Waals surface area contributed by atoms with Crippen LogP contribution in [0.15, 0.2) is 24.3 Å². The molecule has 2 atom stereocenters. The summed E-state index contributed by atoms with van der Waals surface area (Å²) in [6.45, 7) is 1.46. The van der Waals surface area contributed by atoms with Gasteiger partial charge in [0, 0.05) is 18.4 Å². The summed E-state index contributed by atoms with van der Waals surface area (Å²) in [7, 11) is 0. The molecule has 2 aromatic rings. The van der Waals surface area contributed by atoms with Crippen molar-refractivity contribution in [1.82, 2.24) is 4.98 Å². The highest BCUT2D eigenvalue weighted by Crippen LogP contribution is 2.25. The Bertz CT molecular complexity index is 463. The monoisotopic (exact) mass is 234 g/mol. The summed E-state index contributed by atoms with van der Waals surface area (Å²) < 4.78 is 6.62. The number of ether oxygens (including phenoxy) is 1. The smallest absolute Gasteiger partial charge is 0.0942 e. The van der Waals surface area contributed by atoms with Gasteiger partial charge in [0.2, 0.25) is 0 Å². The molecule has 1 unspecified atom stereocenters. The molecule has 1 aromatic carbocycles. The Balaban J connectivity index is 1.83. The molecule has 16 heavy (non-hydrogen) atoms. The zero-order valence-corrected chi connectivity index (χ0v) is 9.74. The van der Waals surface area contributed by atoms with E-state index in [0.29, 0.717) is 12.5 Å². The number of thiazole rings is 1. The lowest BCUT2D eigenvalue weighted by molar-refractivity contribution is 0.184. The van der Waals surface area contributed by atoms with Crippen LogP contribution in [-0.2, 0) is 11.2 Å². The first-order valence-electron chi connectivity index (χ1n) is 5.51. The molecule has 0 radical (unpaired) electrons. The molecule has 0 amide bonds. The molecule has 1 fully saturated rings. The Kier molecular flexibility index (Phi) is 2.63. The van der Waals surface area contributed by atoms with E-state index in [0.717, 1.165) is 18.5 Å². The SMILES string of the molecule is N[C@@H]1COCC1Cc1nc2ccccc2s1. The van der Waals surface area contributed by atoms with Gasteiger partial charge in [-0.1, -0.05) is 12.1 Å². The number of hydrogen-bond acceptors (Lipinski definition) is 4. The lowest BCUT2D eigenvalue weighted by Crippen LogP contribution is -2.29. The summed E-state index contributed by atoms with van der Waals surface area (Å²) in [5.74, 6) is 0.431. The van der Waals surface area contributed by atoms with Gasteiger partial charge in [0.15, 0.2) is 0 Å². The first-order chi connectivity index (χ1) is 7.83. The van der Waals surface area contributed by atoms with E-state index in [1.165, 1.54) is 9.71 Å². The highest BCUT2D eigenvalue weighted by Gasteiger charge is 2.25. The molecule has 1 aliphatic heterocycles. The van der Waals surface area contributed by atoms with Crippen molar-refractivity contribution >= 4 is 21.6 Å². The lowest BCUT2D eigenvalue weighted by Gasteiger charge is -2.09. The van der Waals surface area contributed by atoms with Crippen LogP contribution in [0.2, 0.25) is 0 Å². The van der Waals surface area contributed by atoms with Gasteiger partial charge in [-0.05, 0) is 12.1 Å². The van der Waals surface area contributed by atoms with Crippen LogP contribution >= 0.6 is 11.3 Å². The molecule has 2 heterocycles. The zero-order valence-electron chi connectivity index (χ0n) is 8.93. The minimum atomic E-state index is 0.173. The first-order valence-corrected chi connectivity index (χ1v) is 6.32. The van der Waals surface area contributed by atoms with Crippen molar-refractivity contribution in [2.75, 3.05) is 13.2 Å². The van der Waals surface area contributed by atoms with Crippen LogP contribution in [0.4, 0.5) is 0 Å². The Morgan fingerprint density at radius 3 is 3.00 bits per heavy atom. The Morgan fingerprint density at radius 1 is 1.38 bits per heavy atom. The standard InChI is InChI=1S/C12H14N2OS/c13-9-7-15-6-8(9)5-12-14-10-3-1-2-4-11(10)16-12/h1-4,8-9H,5-7,13H2/t8?,9-/m1/s1. The molecule has 1 aliphatic rings. The number of nitrogens with zero attached hydrogens (tertiary/aromatic N) is 1. The van der Waals surface area contributed by atoms with Crippen LogP contribution in [0.25, 0.3) is 10.2 Å². The second-order valence-corrected chi connectivity index (χ2v) is 5.36. The minimum Gasteiger partial charge on any atom is -0.379 e. The van der Waals surface area contributed by atoms with E-state index in [-0.39, 0.29) is 6.04 Å². The largest absolute Gasteiger partial charge is 0.379 e. The Labute approximate surface area is 98.2 Å². The predicted octanol–water partition coefficient (Wildman–Crippen LogP) is 1.81.